The first kappa shape index (κ1) is 10.9. The molecule has 1 fully saturated rings. The van der Waals surface area contributed by atoms with Crippen LogP contribution in [0.4, 0.5) is 5.69 Å². The molecule has 1 aliphatic carbocycles. The topological polar surface area (TPSA) is 20.3 Å². The average Bonchev–Trinajstić information content (AvgIpc) is 2.62. The third kappa shape index (κ3) is 2.16. The van der Waals surface area contributed by atoms with Crippen molar-refractivity contribution in [3.05, 3.63) is 42.1 Å². The summed E-state index contributed by atoms with van der Waals surface area (Å²) >= 11 is 0. The first-order valence-corrected chi connectivity index (χ1v) is 5.71. The molecule has 0 N–H and O–H groups in total. The summed E-state index contributed by atoms with van der Waals surface area (Å²) in [5.41, 5.74) is 2.07. The van der Waals surface area contributed by atoms with Crippen LogP contribution in [-0.2, 0) is 4.79 Å². The highest BCUT2D eigenvalue weighted by Crippen LogP contribution is 2.27. The molecule has 1 saturated carbocycles. The number of carbonyl (C=O) groups is 1. The molecular weight excluding hydrogens is 198 g/mol. The summed E-state index contributed by atoms with van der Waals surface area (Å²) in [4.78, 5) is 13.8. The normalized spacial score (nSPS) is 22.8. The fourth-order valence-electron chi connectivity index (χ4n) is 2.04. The van der Waals surface area contributed by atoms with E-state index in [0.29, 0.717) is 5.78 Å². The van der Waals surface area contributed by atoms with Crippen LogP contribution < -0.4 is 4.90 Å². The Balaban J connectivity index is 2.16. The number of anilines is 1. The number of Topliss-reactive ketones (excluding diaryl/α,β-unsaturated/α-hetero) is 1. The van der Waals surface area contributed by atoms with Crippen LogP contribution in [0.2, 0.25) is 0 Å². The molecule has 0 aromatic heterocycles. The second kappa shape index (κ2) is 4.52. The van der Waals surface area contributed by atoms with Crippen molar-refractivity contribution in [1.82, 2.24) is 0 Å². The summed E-state index contributed by atoms with van der Waals surface area (Å²) < 4.78 is 0. The minimum atomic E-state index is 0.204. The number of nitrogens with zero attached hydrogens (tertiary/aromatic N) is 1. The van der Waals surface area contributed by atoms with Gasteiger partial charge in [0.15, 0.2) is 5.78 Å². The summed E-state index contributed by atoms with van der Waals surface area (Å²) in [5, 5.41) is 0. The lowest BCUT2D eigenvalue weighted by atomic mass is 10.1. The average molecular weight is 215 g/mol. The van der Waals surface area contributed by atoms with E-state index in [1.165, 1.54) is 0 Å². The van der Waals surface area contributed by atoms with E-state index in [9.17, 15) is 4.79 Å². The van der Waals surface area contributed by atoms with Crippen molar-refractivity contribution in [2.45, 2.75) is 19.8 Å². The second-order valence-electron chi connectivity index (χ2n) is 4.40. The van der Waals surface area contributed by atoms with Gasteiger partial charge in [-0.25, -0.2) is 0 Å². The van der Waals surface area contributed by atoms with Crippen molar-refractivity contribution in [3.63, 3.8) is 0 Å². The fraction of sp³-hybridized carbons (Fsp3) is 0.357. The van der Waals surface area contributed by atoms with E-state index >= 15 is 0 Å². The van der Waals surface area contributed by atoms with Crippen LogP contribution in [0.25, 0.3) is 0 Å². The molecule has 0 heterocycles. The number of hydrogen-bond acceptors (Lipinski definition) is 2. The molecule has 0 amide bonds. The monoisotopic (exact) mass is 215 g/mol. The van der Waals surface area contributed by atoms with Crippen LogP contribution in [0.5, 0.6) is 0 Å². The van der Waals surface area contributed by atoms with Crippen molar-refractivity contribution < 1.29 is 4.79 Å². The lowest BCUT2D eigenvalue weighted by Gasteiger charge is -2.14. The van der Waals surface area contributed by atoms with Gasteiger partial charge in [0.25, 0.3) is 0 Å². The molecule has 1 unspecified atom stereocenters. The number of hydrogen-bond donors (Lipinski definition) is 0. The molecule has 1 aromatic carbocycles. The molecule has 1 atom stereocenters. The smallest absolute Gasteiger partial charge is 0.163 e. The number of allylic oxidation sites excluding steroid dienone is 1. The minimum Gasteiger partial charge on any atom is -0.351 e. The number of para-hydroxylation sites is 1. The molecule has 0 aliphatic heterocycles. The van der Waals surface area contributed by atoms with Gasteiger partial charge >= 0.3 is 0 Å². The Kier molecular flexibility index (Phi) is 3.09. The van der Waals surface area contributed by atoms with Crippen molar-refractivity contribution in [1.29, 1.82) is 0 Å². The zero-order valence-electron chi connectivity index (χ0n) is 9.81. The maximum atomic E-state index is 11.8. The van der Waals surface area contributed by atoms with E-state index in [0.717, 1.165) is 24.1 Å². The Labute approximate surface area is 96.6 Å². The SMILES string of the molecule is CC1CC/C(=C/N(C)c2ccccc2)C1=O. The van der Waals surface area contributed by atoms with E-state index in [4.69, 9.17) is 0 Å². The second-order valence-corrected chi connectivity index (χ2v) is 4.40. The molecule has 0 bridgehead atoms. The fourth-order valence-corrected chi connectivity index (χ4v) is 2.04. The van der Waals surface area contributed by atoms with Crippen LogP contribution in [-0.4, -0.2) is 12.8 Å². The molecule has 2 heteroatoms. The number of ketones is 1. The molecule has 0 saturated heterocycles. The predicted octanol–water partition coefficient (Wildman–Crippen LogP) is 3.01. The van der Waals surface area contributed by atoms with E-state index in [2.05, 4.69) is 0 Å². The molecule has 1 aliphatic rings. The van der Waals surface area contributed by atoms with Crippen LogP contribution in [0.3, 0.4) is 0 Å². The molecule has 16 heavy (non-hydrogen) atoms. The van der Waals surface area contributed by atoms with Gasteiger partial charge in [-0.15, -0.1) is 0 Å². The van der Waals surface area contributed by atoms with E-state index in [1.807, 2.05) is 55.4 Å². The first-order chi connectivity index (χ1) is 7.68. The zero-order chi connectivity index (χ0) is 11.5. The number of benzene rings is 1. The van der Waals surface area contributed by atoms with Crippen LogP contribution >= 0.6 is 0 Å². The summed E-state index contributed by atoms with van der Waals surface area (Å²) in [6, 6.07) is 10.1. The van der Waals surface area contributed by atoms with Gasteiger partial charge < -0.3 is 4.90 Å². The molecule has 84 valence electrons. The van der Waals surface area contributed by atoms with Crippen molar-refractivity contribution >= 4 is 11.5 Å². The summed E-state index contributed by atoms with van der Waals surface area (Å²) in [6.45, 7) is 2.01. The molecule has 1 aromatic rings. The Hall–Kier alpha value is -1.57. The summed E-state index contributed by atoms with van der Waals surface area (Å²) in [6.07, 6.45) is 3.88. The van der Waals surface area contributed by atoms with Crippen LogP contribution in [0.1, 0.15) is 19.8 Å². The largest absolute Gasteiger partial charge is 0.351 e. The Morgan fingerprint density at radius 3 is 2.56 bits per heavy atom. The van der Waals surface area contributed by atoms with Crippen LogP contribution in [0.15, 0.2) is 42.1 Å². The van der Waals surface area contributed by atoms with Crippen LogP contribution in [0, 0.1) is 5.92 Å². The lowest BCUT2D eigenvalue weighted by Crippen LogP contribution is -2.12. The highest BCUT2D eigenvalue weighted by molar-refractivity contribution is 5.99. The maximum absolute atomic E-state index is 11.8. The molecule has 0 spiro atoms. The van der Waals surface area contributed by atoms with Gasteiger partial charge in [0.1, 0.15) is 0 Å². The highest BCUT2D eigenvalue weighted by atomic mass is 16.1. The van der Waals surface area contributed by atoms with Crippen molar-refractivity contribution in [2.24, 2.45) is 5.92 Å². The van der Waals surface area contributed by atoms with Crippen molar-refractivity contribution in [3.8, 4) is 0 Å². The predicted molar refractivity (Wildman–Crippen MR) is 66.3 cm³/mol. The van der Waals surface area contributed by atoms with E-state index in [-0.39, 0.29) is 5.92 Å². The molecule has 0 radical (unpaired) electrons. The van der Waals surface area contributed by atoms with Gasteiger partial charge in [-0.2, -0.15) is 0 Å². The molecule has 2 nitrogen and oxygen atoms in total. The van der Waals surface area contributed by atoms with E-state index < -0.39 is 0 Å². The van der Waals surface area contributed by atoms with Gasteiger partial charge in [-0.3, -0.25) is 4.79 Å². The first-order valence-electron chi connectivity index (χ1n) is 5.71. The standard InChI is InChI=1S/C14H17NO/c1-11-8-9-12(14(11)16)10-15(2)13-6-4-3-5-7-13/h3-7,10-11H,8-9H2,1-2H3/b12-10-. The van der Waals surface area contributed by atoms with Gasteiger partial charge in [0.05, 0.1) is 0 Å². The third-order valence-corrected chi connectivity index (χ3v) is 3.12. The Bertz CT molecular complexity index is 408. The Morgan fingerprint density at radius 2 is 2.00 bits per heavy atom. The number of rotatable bonds is 2. The maximum Gasteiger partial charge on any atom is 0.163 e. The lowest BCUT2D eigenvalue weighted by molar-refractivity contribution is -0.117. The van der Waals surface area contributed by atoms with Gasteiger partial charge in [0.2, 0.25) is 0 Å². The third-order valence-electron chi connectivity index (χ3n) is 3.12. The zero-order valence-corrected chi connectivity index (χ0v) is 9.81. The number of carbonyl (C=O) groups excluding carboxylic acids is 1. The highest BCUT2D eigenvalue weighted by Gasteiger charge is 2.25. The Morgan fingerprint density at radius 1 is 1.31 bits per heavy atom. The van der Waals surface area contributed by atoms with Gasteiger partial charge in [0, 0.05) is 30.4 Å². The molecular formula is C14H17NO. The van der Waals surface area contributed by atoms with Crippen molar-refractivity contribution in [2.75, 3.05) is 11.9 Å². The summed E-state index contributed by atoms with van der Waals surface area (Å²) in [7, 11) is 1.98. The summed E-state index contributed by atoms with van der Waals surface area (Å²) in [5.74, 6) is 0.512. The van der Waals surface area contributed by atoms with Gasteiger partial charge in [-0.05, 0) is 25.0 Å². The van der Waals surface area contributed by atoms with Gasteiger partial charge in [-0.1, -0.05) is 25.1 Å². The minimum absolute atomic E-state index is 0.204. The van der Waals surface area contributed by atoms with E-state index in [1.54, 1.807) is 0 Å². The quantitative estimate of drug-likeness (QED) is 0.707. The molecule has 2 rings (SSSR count).